The van der Waals surface area contributed by atoms with Crippen LogP contribution in [0.25, 0.3) is 0 Å². The van der Waals surface area contributed by atoms with E-state index < -0.39 is 0 Å². The number of ether oxygens (including phenoxy) is 1. The van der Waals surface area contributed by atoms with Gasteiger partial charge in [0.2, 0.25) is 0 Å². The maximum atomic E-state index is 10.6. The van der Waals surface area contributed by atoms with E-state index in [2.05, 4.69) is 59.5 Å². The van der Waals surface area contributed by atoms with Crippen LogP contribution in [0.5, 0.6) is 0 Å². The van der Waals surface area contributed by atoms with E-state index in [-0.39, 0.29) is 35.9 Å². The fraction of sp³-hybridized carbons (Fsp3) is 0.476. The molecular formula is C21H31FeO3-. The molecule has 0 aromatic rings. The van der Waals surface area contributed by atoms with Crippen molar-refractivity contribution in [1.29, 1.82) is 0 Å². The molecule has 2 aliphatic rings. The molecule has 0 saturated heterocycles. The molecule has 0 amide bonds. The molecule has 0 aromatic carbocycles. The predicted octanol–water partition coefficient (Wildman–Crippen LogP) is 5.75. The average molecular weight is 387 g/mol. The van der Waals surface area contributed by atoms with Crippen molar-refractivity contribution in [2.24, 2.45) is 10.8 Å². The number of esters is 1. The smallest absolute Gasteiger partial charge is 0 e. The van der Waals surface area contributed by atoms with Gasteiger partial charge in [-0.15, -0.1) is 0 Å². The van der Waals surface area contributed by atoms with Gasteiger partial charge in [-0.1, -0.05) is 57.6 Å². The number of hydrogen-bond acceptors (Lipinski definition) is 2. The number of carbonyl (C=O) groups is 1. The van der Waals surface area contributed by atoms with Gasteiger partial charge in [-0.3, -0.25) is 4.79 Å². The summed E-state index contributed by atoms with van der Waals surface area (Å²) in [6.07, 6.45) is 14.8. The summed E-state index contributed by atoms with van der Waals surface area (Å²) in [5.41, 5.74) is 1.91. The Morgan fingerprint density at radius 3 is 1.80 bits per heavy atom. The second-order valence-corrected chi connectivity index (χ2v) is 7.22. The van der Waals surface area contributed by atoms with Crippen molar-refractivity contribution in [3.8, 4) is 0 Å². The van der Waals surface area contributed by atoms with Gasteiger partial charge in [-0.2, -0.15) is 0 Å². The Labute approximate surface area is 164 Å². The minimum absolute atomic E-state index is 0. The Balaban J connectivity index is -0.000000336. The van der Waals surface area contributed by atoms with Gasteiger partial charge in [0.05, 0.1) is 0 Å². The molecule has 2 rings (SSSR count). The quantitative estimate of drug-likeness (QED) is 0.249. The SMILES string of the molecule is CC(=O)OC1=CC(C)(C)CC=C1.CC1=CC(C)(C)CC=C1.[C-]#[O+].[CH3-].[Fe]. The van der Waals surface area contributed by atoms with Gasteiger partial charge in [-0.25, -0.2) is 0 Å². The summed E-state index contributed by atoms with van der Waals surface area (Å²) in [6.45, 7) is 16.8. The summed E-state index contributed by atoms with van der Waals surface area (Å²) in [7, 11) is 0. The Morgan fingerprint density at radius 1 is 1.04 bits per heavy atom. The van der Waals surface area contributed by atoms with Crippen LogP contribution in [0, 0.1) is 24.9 Å². The molecule has 0 aromatic heterocycles. The summed E-state index contributed by atoms with van der Waals surface area (Å²) in [5.74, 6) is 0.405. The van der Waals surface area contributed by atoms with Gasteiger partial charge in [0, 0.05) is 24.0 Å². The molecular weight excluding hydrogens is 356 g/mol. The summed E-state index contributed by atoms with van der Waals surface area (Å²) in [5, 5.41) is 0. The summed E-state index contributed by atoms with van der Waals surface area (Å²) < 4.78 is 12.5. The molecule has 142 valence electrons. The predicted molar refractivity (Wildman–Crippen MR) is 99.0 cm³/mol. The molecule has 0 unspecified atom stereocenters. The third-order valence-electron chi connectivity index (χ3n) is 3.36. The maximum Gasteiger partial charge on any atom is 0 e. The first kappa shape index (κ1) is 28.5. The van der Waals surface area contributed by atoms with Crippen molar-refractivity contribution < 1.29 is 31.3 Å². The molecule has 0 atom stereocenters. The van der Waals surface area contributed by atoms with E-state index in [4.69, 9.17) is 9.39 Å². The normalized spacial score (nSPS) is 18.2. The molecule has 0 fully saturated rings. The number of allylic oxidation sites excluding steroid dienone is 7. The number of carbonyl (C=O) groups excluding carboxylic acids is 1. The van der Waals surface area contributed by atoms with Crippen molar-refractivity contribution in [2.45, 2.75) is 54.4 Å². The second kappa shape index (κ2) is 13.0. The van der Waals surface area contributed by atoms with Crippen LogP contribution in [-0.2, 0) is 31.3 Å². The molecule has 4 heteroatoms. The zero-order chi connectivity index (χ0) is 18.1. The zero-order valence-electron chi connectivity index (χ0n) is 16.5. The van der Waals surface area contributed by atoms with Crippen LogP contribution in [-0.4, -0.2) is 5.97 Å². The molecule has 0 heterocycles. The van der Waals surface area contributed by atoms with Gasteiger partial charge in [0.1, 0.15) is 5.76 Å². The molecule has 2 aliphatic carbocycles. The van der Waals surface area contributed by atoms with Crippen molar-refractivity contribution in [1.82, 2.24) is 0 Å². The van der Waals surface area contributed by atoms with E-state index in [0.717, 1.165) is 6.42 Å². The van der Waals surface area contributed by atoms with E-state index in [0.29, 0.717) is 11.2 Å². The van der Waals surface area contributed by atoms with Gasteiger partial charge in [0.15, 0.2) is 0 Å². The Morgan fingerprint density at radius 2 is 1.48 bits per heavy atom. The second-order valence-electron chi connectivity index (χ2n) is 7.22. The molecule has 0 spiro atoms. The van der Waals surface area contributed by atoms with E-state index in [1.807, 2.05) is 18.2 Å². The third-order valence-corrected chi connectivity index (χ3v) is 3.36. The van der Waals surface area contributed by atoms with Gasteiger partial charge in [-0.05, 0) is 42.7 Å². The zero-order valence-corrected chi connectivity index (χ0v) is 17.6. The number of rotatable bonds is 1. The monoisotopic (exact) mass is 387 g/mol. The summed E-state index contributed by atoms with van der Waals surface area (Å²) in [4.78, 5) is 10.6. The van der Waals surface area contributed by atoms with E-state index in [1.165, 1.54) is 18.9 Å². The first-order chi connectivity index (χ1) is 10.6. The number of hydrogen-bond donors (Lipinski definition) is 0. The van der Waals surface area contributed by atoms with E-state index in [1.54, 1.807) is 0 Å². The van der Waals surface area contributed by atoms with Crippen LogP contribution < -0.4 is 0 Å². The van der Waals surface area contributed by atoms with Gasteiger partial charge >= 0.3 is 17.3 Å². The molecule has 25 heavy (non-hydrogen) atoms. The largest absolute Gasteiger partial charge is 0.358 e. The molecule has 0 aliphatic heterocycles. The van der Waals surface area contributed by atoms with E-state index in [9.17, 15) is 4.79 Å². The minimum atomic E-state index is -0.261. The summed E-state index contributed by atoms with van der Waals surface area (Å²) in [6, 6.07) is 0. The first-order valence-corrected chi connectivity index (χ1v) is 7.74. The van der Waals surface area contributed by atoms with Gasteiger partial charge < -0.3 is 12.2 Å². The topological polar surface area (TPSA) is 46.2 Å². The van der Waals surface area contributed by atoms with Crippen LogP contribution in [0.1, 0.15) is 54.4 Å². The molecule has 0 N–H and O–H groups in total. The van der Waals surface area contributed by atoms with Crippen molar-refractivity contribution in [3.05, 3.63) is 61.9 Å². The molecule has 0 bridgehead atoms. The molecule has 0 radical (unpaired) electrons. The fourth-order valence-corrected chi connectivity index (χ4v) is 2.47. The van der Waals surface area contributed by atoms with E-state index >= 15 is 0 Å². The minimum Gasteiger partial charge on any atom is -0.358 e. The summed E-state index contributed by atoms with van der Waals surface area (Å²) >= 11 is 0. The Kier molecular flexibility index (Phi) is 14.8. The Bertz CT molecular complexity index is 547. The maximum absolute atomic E-state index is 10.6. The van der Waals surface area contributed by atoms with Gasteiger partial charge in [0.25, 0.3) is 0 Å². The first-order valence-electron chi connectivity index (χ1n) is 7.74. The van der Waals surface area contributed by atoms with Crippen LogP contribution in [0.4, 0.5) is 0 Å². The van der Waals surface area contributed by atoms with Crippen molar-refractivity contribution >= 4 is 5.97 Å². The standard InChI is InChI=1S/C10H14O2.C9H14.CO.CH3.Fe/c1-8(11)12-9-5-4-6-10(2,3)7-9;1-8-5-4-6-9(2,3)7-8;1-2;;/h4-5,7H,6H2,1-3H3;4-5,7H,6H2,1-3H3;;1H3;/q;;;-1;. The third kappa shape index (κ3) is 13.6. The Hall–Kier alpha value is -1.31. The van der Waals surface area contributed by atoms with Crippen molar-refractivity contribution in [3.63, 3.8) is 0 Å². The molecule has 0 saturated carbocycles. The van der Waals surface area contributed by atoms with Crippen molar-refractivity contribution in [2.75, 3.05) is 0 Å². The molecule has 3 nitrogen and oxygen atoms in total. The fourth-order valence-electron chi connectivity index (χ4n) is 2.47. The average Bonchev–Trinajstić information content (AvgIpc) is 2.38. The van der Waals surface area contributed by atoms with Crippen LogP contribution in [0.2, 0.25) is 0 Å². The van der Waals surface area contributed by atoms with Crippen LogP contribution in [0.15, 0.2) is 47.8 Å². The van der Waals surface area contributed by atoms with Crippen LogP contribution in [0.3, 0.4) is 0 Å². The van der Waals surface area contributed by atoms with Crippen LogP contribution >= 0.6 is 0 Å².